The largest absolute Gasteiger partial charge is 0.461 e. The van der Waals surface area contributed by atoms with Crippen LogP contribution in [0.5, 0.6) is 0 Å². The Bertz CT molecular complexity index is 1070. The van der Waals surface area contributed by atoms with Crippen molar-refractivity contribution in [1.29, 1.82) is 0 Å². The van der Waals surface area contributed by atoms with Gasteiger partial charge in [0.2, 0.25) is 0 Å². The summed E-state index contributed by atoms with van der Waals surface area (Å²) in [7, 11) is -3.91. The van der Waals surface area contributed by atoms with E-state index in [-0.39, 0.29) is 22.9 Å². The van der Waals surface area contributed by atoms with Gasteiger partial charge in [0.1, 0.15) is 10.6 Å². The predicted molar refractivity (Wildman–Crippen MR) is 93.4 cm³/mol. The summed E-state index contributed by atoms with van der Waals surface area (Å²) in [6.07, 6.45) is 1.23. The second-order valence-electron chi connectivity index (χ2n) is 5.42. The number of rotatable bonds is 5. The van der Waals surface area contributed by atoms with Crippen LogP contribution >= 0.6 is 11.5 Å². The number of hydrogen-bond donors (Lipinski definition) is 0. The Morgan fingerprint density at radius 3 is 2.73 bits per heavy atom. The Morgan fingerprint density at radius 1 is 1.27 bits per heavy atom. The summed E-state index contributed by atoms with van der Waals surface area (Å²) >= 11 is 0.909. The molecule has 0 aliphatic heterocycles. The second-order valence-corrected chi connectivity index (χ2v) is 7.94. The molecular weight excluding hydrogens is 378 g/mol. The summed E-state index contributed by atoms with van der Waals surface area (Å²) in [4.78, 5) is 12.3. The van der Waals surface area contributed by atoms with E-state index in [1.165, 1.54) is 12.3 Å². The minimum atomic E-state index is -3.91. The molecule has 0 spiro atoms. The Hall–Kier alpha value is -2.66. The number of nitrogens with zero attached hydrogens (tertiary/aromatic N) is 5. The van der Waals surface area contributed by atoms with E-state index in [1.54, 1.807) is 26.0 Å². The maximum Gasteiger partial charge on any atom is 0.360 e. The summed E-state index contributed by atoms with van der Waals surface area (Å²) in [6, 6.07) is 5.01. The van der Waals surface area contributed by atoms with Crippen molar-refractivity contribution in [1.82, 2.24) is 24.0 Å². The molecule has 0 radical (unpaired) electrons. The van der Waals surface area contributed by atoms with Gasteiger partial charge in [0, 0.05) is 0 Å². The van der Waals surface area contributed by atoms with Crippen molar-refractivity contribution < 1.29 is 17.9 Å². The summed E-state index contributed by atoms with van der Waals surface area (Å²) in [5, 5.41) is 11.3. The lowest BCUT2D eigenvalue weighted by Gasteiger charge is -2.07. The minimum Gasteiger partial charge on any atom is -0.461 e. The van der Waals surface area contributed by atoms with Crippen molar-refractivity contribution >= 4 is 27.5 Å². The van der Waals surface area contributed by atoms with Gasteiger partial charge in [-0.05, 0) is 43.9 Å². The zero-order chi connectivity index (χ0) is 18.9. The van der Waals surface area contributed by atoms with Crippen LogP contribution in [0.15, 0.2) is 29.3 Å². The van der Waals surface area contributed by atoms with Gasteiger partial charge in [0.15, 0.2) is 5.69 Å². The Balaban J connectivity index is 2.01. The van der Waals surface area contributed by atoms with Crippen LogP contribution < -0.4 is 0 Å². The Labute approximate surface area is 153 Å². The molecule has 0 bridgehead atoms. The molecule has 0 saturated carbocycles. The SMILES string of the molecule is CCOC(=O)c1nnsc1-c1cn(S(=O)(=O)c2ccc(C)cc2C)nn1. The third-order valence-electron chi connectivity index (χ3n) is 3.52. The molecule has 2 heterocycles. The van der Waals surface area contributed by atoms with Gasteiger partial charge in [-0.2, -0.15) is 8.42 Å². The first-order valence-corrected chi connectivity index (χ1v) is 9.81. The maximum atomic E-state index is 12.8. The number of aromatic nitrogens is 5. The van der Waals surface area contributed by atoms with Gasteiger partial charge >= 0.3 is 5.97 Å². The normalized spacial score (nSPS) is 11.5. The fourth-order valence-electron chi connectivity index (χ4n) is 2.35. The van der Waals surface area contributed by atoms with Crippen LogP contribution in [0.25, 0.3) is 10.6 Å². The van der Waals surface area contributed by atoms with Crippen molar-refractivity contribution in [3.8, 4) is 10.6 Å². The van der Waals surface area contributed by atoms with Gasteiger partial charge in [0.05, 0.1) is 17.7 Å². The molecule has 136 valence electrons. The molecule has 0 saturated heterocycles. The molecule has 0 unspecified atom stereocenters. The van der Waals surface area contributed by atoms with Gasteiger partial charge in [-0.1, -0.05) is 27.4 Å². The van der Waals surface area contributed by atoms with E-state index in [0.717, 1.165) is 21.2 Å². The van der Waals surface area contributed by atoms with Gasteiger partial charge in [0.25, 0.3) is 10.0 Å². The highest BCUT2D eigenvalue weighted by molar-refractivity contribution is 7.89. The standard InChI is InChI=1S/C15H15N5O4S2/c1-4-24-15(21)13-14(25-19-17-13)11-8-20(18-16-11)26(22,23)12-6-5-9(2)7-10(12)3/h5-8H,4H2,1-3H3. The second kappa shape index (κ2) is 6.92. The maximum absolute atomic E-state index is 12.8. The molecule has 11 heteroatoms. The molecule has 0 fully saturated rings. The summed E-state index contributed by atoms with van der Waals surface area (Å²) in [5.74, 6) is -0.650. The van der Waals surface area contributed by atoms with Crippen molar-refractivity contribution in [3.63, 3.8) is 0 Å². The first-order valence-electron chi connectivity index (χ1n) is 7.59. The van der Waals surface area contributed by atoms with Crippen LogP contribution in [-0.2, 0) is 14.8 Å². The summed E-state index contributed by atoms with van der Waals surface area (Å²) in [6.45, 7) is 5.45. The number of benzene rings is 1. The molecule has 2 aromatic heterocycles. The third kappa shape index (κ3) is 3.22. The fraction of sp³-hybridized carbons (Fsp3) is 0.267. The van der Waals surface area contributed by atoms with E-state index in [2.05, 4.69) is 19.9 Å². The molecule has 0 aliphatic carbocycles. The first kappa shape index (κ1) is 18.1. The fourth-order valence-corrected chi connectivity index (χ4v) is 4.23. The zero-order valence-corrected chi connectivity index (χ0v) is 15.8. The van der Waals surface area contributed by atoms with Crippen molar-refractivity contribution in [2.75, 3.05) is 6.61 Å². The number of carbonyl (C=O) groups is 1. The van der Waals surface area contributed by atoms with Crippen LogP contribution in [0.3, 0.4) is 0 Å². The average molecular weight is 393 g/mol. The highest BCUT2D eigenvalue weighted by Crippen LogP contribution is 2.26. The summed E-state index contributed by atoms with van der Waals surface area (Å²) < 4.78 is 35.0. The van der Waals surface area contributed by atoms with Crippen LogP contribution in [0.1, 0.15) is 28.5 Å². The van der Waals surface area contributed by atoms with E-state index in [9.17, 15) is 13.2 Å². The van der Waals surface area contributed by atoms with Gasteiger partial charge in [-0.3, -0.25) is 0 Å². The Kier molecular flexibility index (Phi) is 4.83. The quantitative estimate of drug-likeness (QED) is 0.603. The van der Waals surface area contributed by atoms with E-state index in [0.29, 0.717) is 10.4 Å². The monoisotopic (exact) mass is 393 g/mol. The van der Waals surface area contributed by atoms with Crippen molar-refractivity contribution in [2.45, 2.75) is 25.7 Å². The number of carbonyl (C=O) groups excluding carboxylic acids is 1. The third-order valence-corrected chi connectivity index (χ3v) is 5.95. The number of esters is 1. The highest BCUT2D eigenvalue weighted by atomic mass is 32.2. The lowest BCUT2D eigenvalue weighted by atomic mass is 10.2. The zero-order valence-electron chi connectivity index (χ0n) is 14.2. The van der Waals surface area contributed by atoms with Crippen LogP contribution in [0.2, 0.25) is 0 Å². The average Bonchev–Trinajstić information content (AvgIpc) is 3.24. The van der Waals surface area contributed by atoms with E-state index in [1.807, 2.05) is 6.92 Å². The van der Waals surface area contributed by atoms with Gasteiger partial charge in [-0.15, -0.1) is 14.3 Å². The lowest BCUT2D eigenvalue weighted by molar-refractivity contribution is 0.0520. The molecule has 0 amide bonds. The number of aryl methyl sites for hydroxylation is 2. The molecule has 0 atom stereocenters. The number of ether oxygens (including phenoxy) is 1. The predicted octanol–water partition coefficient (Wildman–Crippen LogP) is 1.83. The van der Waals surface area contributed by atoms with Crippen molar-refractivity contribution in [3.05, 3.63) is 41.2 Å². The summed E-state index contributed by atoms with van der Waals surface area (Å²) in [5.41, 5.74) is 1.72. The number of hydrogen-bond acceptors (Lipinski definition) is 9. The molecule has 0 N–H and O–H groups in total. The molecule has 3 rings (SSSR count). The van der Waals surface area contributed by atoms with Crippen molar-refractivity contribution in [2.24, 2.45) is 0 Å². The van der Waals surface area contributed by atoms with Crippen LogP contribution in [0.4, 0.5) is 0 Å². The lowest BCUT2D eigenvalue weighted by Crippen LogP contribution is -2.15. The van der Waals surface area contributed by atoms with Crippen LogP contribution in [-0.4, -0.2) is 45.0 Å². The van der Waals surface area contributed by atoms with E-state index >= 15 is 0 Å². The smallest absolute Gasteiger partial charge is 0.360 e. The highest BCUT2D eigenvalue weighted by Gasteiger charge is 2.25. The van der Waals surface area contributed by atoms with Crippen LogP contribution in [0, 0.1) is 13.8 Å². The molecule has 9 nitrogen and oxygen atoms in total. The molecular formula is C15H15N5O4S2. The molecule has 1 aromatic carbocycles. The topological polar surface area (TPSA) is 117 Å². The van der Waals surface area contributed by atoms with E-state index < -0.39 is 16.0 Å². The van der Waals surface area contributed by atoms with E-state index in [4.69, 9.17) is 4.74 Å². The van der Waals surface area contributed by atoms with Gasteiger partial charge in [-0.25, -0.2) is 4.79 Å². The minimum absolute atomic E-state index is 0.0205. The molecule has 26 heavy (non-hydrogen) atoms. The first-order chi connectivity index (χ1) is 12.3. The molecule has 0 aliphatic rings. The van der Waals surface area contributed by atoms with Gasteiger partial charge < -0.3 is 4.74 Å². The molecule has 3 aromatic rings. The Morgan fingerprint density at radius 2 is 2.04 bits per heavy atom.